The molecule has 2 heterocycles. The molecule has 2 atom stereocenters. The van der Waals surface area contributed by atoms with E-state index in [-0.39, 0.29) is 82.9 Å². The molecule has 2 aromatic rings. The Morgan fingerprint density at radius 3 is 1.32 bits per heavy atom. The van der Waals surface area contributed by atoms with E-state index in [1.165, 1.54) is 12.2 Å². The van der Waals surface area contributed by atoms with Gasteiger partial charge in [0.05, 0.1) is 22.3 Å². The molecule has 4 aliphatic rings. The average molecular weight is 615 g/mol. The molecule has 0 amide bonds. The molecule has 228 valence electrons. The topological polar surface area (TPSA) is 69.7 Å². The molecule has 0 N–H and O–H groups in total. The minimum atomic E-state index is -4.63. The highest BCUT2D eigenvalue weighted by Crippen LogP contribution is 2.46. The zero-order valence-electron chi connectivity index (χ0n) is 23.0. The van der Waals surface area contributed by atoms with E-state index in [1.54, 1.807) is 0 Å². The molecule has 0 spiro atoms. The molecule has 2 aliphatic heterocycles. The zero-order valence-corrected chi connectivity index (χ0v) is 23.0. The van der Waals surface area contributed by atoms with Gasteiger partial charge in [0.1, 0.15) is 23.0 Å². The quantitative estimate of drug-likeness (QED) is 0.258. The molecule has 0 aromatic heterocycles. The maximum atomic E-state index is 14.6. The molecule has 0 saturated carbocycles. The molecule has 0 bridgehead atoms. The lowest BCUT2D eigenvalue weighted by atomic mass is 9.86. The third-order valence-electron chi connectivity index (χ3n) is 8.25. The first-order chi connectivity index (χ1) is 20.8. The van der Waals surface area contributed by atoms with Crippen molar-refractivity contribution in [3.05, 3.63) is 106 Å². The van der Waals surface area contributed by atoms with Gasteiger partial charge in [0.25, 0.3) is 0 Å². The number of halogens is 6. The van der Waals surface area contributed by atoms with Crippen LogP contribution in [-0.2, 0) is 36.2 Å². The van der Waals surface area contributed by atoms with Gasteiger partial charge in [-0.05, 0) is 48.2 Å². The van der Waals surface area contributed by atoms with Gasteiger partial charge in [-0.1, -0.05) is 24.3 Å². The van der Waals surface area contributed by atoms with Gasteiger partial charge in [0.15, 0.2) is 11.6 Å². The van der Waals surface area contributed by atoms with Crippen molar-refractivity contribution in [3.8, 4) is 0 Å². The first-order valence-electron chi connectivity index (χ1n) is 14.0. The summed E-state index contributed by atoms with van der Waals surface area (Å²) in [5.74, 6) is -0.507. The van der Waals surface area contributed by atoms with Crippen LogP contribution in [0.2, 0.25) is 0 Å². The lowest BCUT2D eigenvalue weighted by Gasteiger charge is -2.17. The highest BCUT2D eigenvalue weighted by molar-refractivity contribution is 6.43. The Morgan fingerprint density at radius 1 is 0.614 bits per heavy atom. The van der Waals surface area contributed by atoms with E-state index >= 15 is 0 Å². The number of fused-ring (bicyclic) bond motifs is 2. The van der Waals surface area contributed by atoms with Crippen LogP contribution in [0.3, 0.4) is 0 Å². The normalized spacial score (nSPS) is 24.0. The van der Waals surface area contributed by atoms with E-state index in [9.17, 15) is 40.7 Å². The Labute approximate surface area is 247 Å². The minimum absolute atomic E-state index is 0.0904. The number of ketones is 3. The number of hydrogen-bond donors (Lipinski definition) is 0. The molecule has 6 rings (SSSR count). The van der Waals surface area contributed by atoms with Crippen LogP contribution in [0.1, 0.15) is 60.8 Å². The van der Waals surface area contributed by atoms with Crippen LogP contribution in [-0.4, -0.2) is 17.3 Å². The second-order valence-corrected chi connectivity index (χ2v) is 11.2. The second kappa shape index (κ2) is 10.9. The third-order valence-corrected chi connectivity index (χ3v) is 8.25. The van der Waals surface area contributed by atoms with Crippen molar-refractivity contribution < 1.29 is 50.2 Å². The summed E-state index contributed by atoms with van der Waals surface area (Å²) < 4.78 is 92.3. The van der Waals surface area contributed by atoms with E-state index in [1.807, 2.05) is 0 Å². The van der Waals surface area contributed by atoms with E-state index in [0.29, 0.717) is 24.4 Å². The van der Waals surface area contributed by atoms with Crippen LogP contribution >= 0.6 is 0 Å². The number of benzene rings is 2. The molecule has 2 aliphatic carbocycles. The average Bonchev–Trinajstić information content (AvgIpc) is 3.56. The van der Waals surface area contributed by atoms with Crippen LogP contribution in [0.4, 0.5) is 26.3 Å². The maximum absolute atomic E-state index is 14.6. The van der Waals surface area contributed by atoms with Gasteiger partial charge in [0.2, 0.25) is 5.78 Å². The Balaban J connectivity index is 1.52. The lowest BCUT2D eigenvalue weighted by molar-refractivity contribution is -0.138. The predicted octanol–water partition coefficient (Wildman–Crippen LogP) is 7.98. The monoisotopic (exact) mass is 614 g/mol. The third kappa shape index (κ3) is 5.75. The number of rotatable bonds is 4. The van der Waals surface area contributed by atoms with Gasteiger partial charge in [-0.2, -0.15) is 26.3 Å². The highest BCUT2D eigenvalue weighted by Gasteiger charge is 2.40. The highest BCUT2D eigenvalue weighted by atomic mass is 19.4. The lowest BCUT2D eigenvalue weighted by Crippen LogP contribution is -2.12. The fourth-order valence-corrected chi connectivity index (χ4v) is 5.98. The number of hydrogen-bond acceptors (Lipinski definition) is 5. The zero-order chi connectivity index (χ0) is 31.4. The van der Waals surface area contributed by atoms with Gasteiger partial charge in [-0.3, -0.25) is 14.4 Å². The van der Waals surface area contributed by atoms with Crippen LogP contribution in [0.25, 0.3) is 11.1 Å². The first kappa shape index (κ1) is 29.7. The first-order valence-corrected chi connectivity index (χ1v) is 14.0. The van der Waals surface area contributed by atoms with Gasteiger partial charge in [-0.25, -0.2) is 0 Å². The second-order valence-electron chi connectivity index (χ2n) is 11.2. The maximum Gasteiger partial charge on any atom is 0.416 e. The van der Waals surface area contributed by atoms with Crippen molar-refractivity contribution >= 4 is 28.5 Å². The Bertz CT molecular complexity index is 1550. The van der Waals surface area contributed by atoms with Crippen LogP contribution in [0.5, 0.6) is 0 Å². The summed E-state index contributed by atoms with van der Waals surface area (Å²) in [6, 6.07) is 7.87. The molecular weight excluding hydrogens is 590 g/mol. The molecule has 0 radical (unpaired) electrons. The summed E-state index contributed by atoms with van der Waals surface area (Å²) in [6.07, 6.45) is -4.71. The fourth-order valence-electron chi connectivity index (χ4n) is 5.98. The summed E-state index contributed by atoms with van der Waals surface area (Å²) in [4.78, 5) is 38.7. The molecular formula is C33H24F6O5. The molecule has 5 nitrogen and oxygen atoms in total. The Hall–Kier alpha value is -4.41. The van der Waals surface area contributed by atoms with Gasteiger partial charge >= 0.3 is 12.4 Å². The standard InChI is InChI=1S/C33H24F6O5/c34-32(35,36)21-7-1-17(2-8-21)29(27-13-19-5-11-23(40)15-25(19)43-27)31(42)30(18-3-9-22(10-4-18)33(37,38)39)28-14-20-6-12-24(41)16-26(20)44-28/h1-4,7-10,15-16,19-20H,5-6,11-14H2/b29-27+,30-28+. The van der Waals surface area contributed by atoms with Gasteiger partial charge < -0.3 is 9.47 Å². The number of allylic oxidation sites excluding steroid dienone is 8. The number of Topliss-reactive ketones (excluding diaryl/α,β-unsaturated/α-hetero) is 1. The fraction of sp³-hybridized carbons (Fsp3) is 0.303. The van der Waals surface area contributed by atoms with Crippen molar-refractivity contribution in [2.24, 2.45) is 11.8 Å². The van der Waals surface area contributed by atoms with E-state index < -0.39 is 29.3 Å². The van der Waals surface area contributed by atoms with Crippen molar-refractivity contribution in [1.82, 2.24) is 0 Å². The summed E-state index contributed by atoms with van der Waals surface area (Å²) in [5, 5.41) is 0. The summed E-state index contributed by atoms with van der Waals surface area (Å²) in [6.45, 7) is 0. The van der Waals surface area contributed by atoms with Crippen molar-refractivity contribution in [2.45, 2.75) is 50.9 Å². The number of alkyl halides is 6. The number of carbonyl (C=O) groups excluding carboxylic acids is 3. The molecule has 11 heteroatoms. The van der Waals surface area contributed by atoms with Crippen LogP contribution in [0, 0.1) is 11.8 Å². The van der Waals surface area contributed by atoms with Gasteiger partial charge in [-0.15, -0.1) is 0 Å². The summed E-state index contributed by atoms with van der Waals surface area (Å²) in [5.41, 5.74) is -1.86. The minimum Gasteiger partial charge on any atom is -0.465 e. The number of carbonyl (C=O) groups is 3. The van der Waals surface area contributed by atoms with Gasteiger partial charge in [0, 0.05) is 49.7 Å². The van der Waals surface area contributed by atoms with Crippen molar-refractivity contribution in [2.75, 3.05) is 0 Å². The summed E-state index contributed by atoms with van der Waals surface area (Å²) in [7, 11) is 0. The van der Waals surface area contributed by atoms with Crippen molar-refractivity contribution in [1.29, 1.82) is 0 Å². The SMILES string of the molecule is O=C1C=C2O/C(=C(/C(=O)/C(=C3\CC4CCC(=O)C=C4O3)c3ccc(C(F)(F)F)cc3)c3ccc(C(F)(F)F)cc3)CC2CC1. The van der Waals surface area contributed by atoms with Crippen LogP contribution in [0.15, 0.2) is 83.7 Å². The molecule has 44 heavy (non-hydrogen) atoms. The molecule has 2 aromatic carbocycles. The summed E-state index contributed by atoms with van der Waals surface area (Å²) >= 11 is 0. The van der Waals surface area contributed by atoms with Crippen LogP contribution < -0.4 is 0 Å². The molecule has 2 saturated heterocycles. The molecule has 2 unspecified atom stereocenters. The molecule has 2 fully saturated rings. The van der Waals surface area contributed by atoms with E-state index in [2.05, 4.69) is 0 Å². The predicted molar refractivity (Wildman–Crippen MR) is 145 cm³/mol. The largest absolute Gasteiger partial charge is 0.465 e. The van der Waals surface area contributed by atoms with Crippen molar-refractivity contribution in [3.63, 3.8) is 0 Å². The Morgan fingerprint density at radius 2 is 0.977 bits per heavy atom. The van der Waals surface area contributed by atoms with E-state index in [4.69, 9.17) is 9.47 Å². The smallest absolute Gasteiger partial charge is 0.416 e. The number of ether oxygens (including phenoxy) is 2. The van der Waals surface area contributed by atoms with E-state index in [0.717, 1.165) is 48.5 Å². The Kier molecular flexibility index (Phi) is 7.37.